The van der Waals surface area contributed by atoms with Crippen LogP contribution in [0, 0.1) is 0 Å². The summed E-state index contributed by atoms with van der Waals surface area (Å²) in [5, 5.41) is 0. The van der Waals surface area contributed by atoms with E-state index in [2.05, 4.69) is 33.0 Å². The number of ether oxygens (including phenoxy) is 2. The van der Waals surface area contributed by atoms with Crippen molar-refractivity contribution in [2.45, 2.75) is 13.5 Å². The summed E-state index contributed by atoms with van der Waals surface area (Å²) < 4.78 is 12.0. The van der Waals surface area contributed by atoms with Crippen molar-refractivity contribution in [3.05, 3.63) is 44.6 Å². The molecule has 0 N–H and O–H groups in total. The maximum absolute atomic E-state index is 12.8. The molecular formula is C19H23BrN2O3S. The Bertz CT molecular complexity index is 757. The molecule has 0 atom stereocenters. The summed E-state index contributed by atoms with van der Waals surface area (Å²) in [5.41, 5.74) is 0.640. The minimum atomic E-state index is 0.0462. The molecule has 1 saturated heterocycles. The quantitative estimate of drug-likeness (QED) is 0.686. The molecule has 1 aliphatic rings. The van der Waals surface area contributed by atoms with Crippen molar-refractivity contribution in [2.24, 2.45) is 0 Å². The molecule has 1 aromatic heterocycles. The van der Waals surface area contributed by atoms with E-state index < -0.39 is 0 Å². The van der Waals surface area contributed by atoms with Crippen LogP contribution in [0.1, 0.15) is 22.2 Å². The SMILES string of the molecule is CCOc1ccc(C(=O)N2CCN(Cc3ccc(Br)s3)CC2)cc1OC. The second-order valence-corrected chi connectivity index (χ2v) is 8.62. The minimum absolute atomic E-state index is 0.0462. The number of carbonyl (C=O) groups excluding carboxylic acids is 1. The Morgan fingerprint density at radius 2 is 1.92 bits per heavy atom. The number of piperazine rings is 1. The van der Waals surface area contributed by atoms with Gasteiger partial charge in [-0.1, -0.05) is 0 Å². The number of carbonyl (C=O) groups is 1. The van der Waals surface area contributed by atoms with E-state index in [1.54, 1.807) is 30.6 Å². The zero-order chi connectivity index (χ0) is 18.5. The lowest BCUT2D eigenvalue weighted by Gasteiger charge is -2.34. The van der Waals surface area contributed by atoms with Gasteiger partial charge in [0.2, 0.25) is 0 Å². The van der Waals surface area contributed by atoms with Crippen LogP contribution in [0.2, 0.25) is 0 Å². The molecular weight excluding hydrogens is 416 g/mol. The molecule has 0 radical (unpaired) electrons. The molecule has 5 nitrogen and oxygen atoms in total. The Morgan fingerprint density at radius 1 is 1.15 bits per heavy atom. The zero-order valence-corrected chi connectivity index (χ0v) is 17.4. The van der Waals surface area contributed by atoms with E-state index in [1.165, 1.54) is 4.88 Å². The van der Waals surface area contributed by atoms with E-state index in [0.29, 0.717) is 23.7 Å². The van der Waals surface area contributed by atoms with E-state index in [4.69, 9.17) is 9.47 Å². The fourth-order valence-electron chi connectivity index (χ4n) is 3.02. The van der Waals surface area contributed by atoms with Gasteiger partial charge in [0, 0.05) is 43.2 Å². The Hall–Kier alpha value is -1.57. The summed E-state index contributed by atoms with van der Waals surface area (Å²) in [6.07, 6.45) is 0. The van der Waals surface area contributed by atoms with Crippen LogP contribution >= 0.6 is 27.3 Å². The summed E-state index contributed by atoms with van der Waals surface area (Å²) in [7, 11) is 1.59. The molecule has 3 rings (SSSR count). The first-order chi connectivity index (χ1) is 12.6. The third kappa shape index (κ3) is 4.58. The average Bonchev–Trinajstić information content (AvgIpc) is 3.07. The smallest absolute Gasteiger partial charge is 0.254 e. The van der Waals surface area contributed by atoms with Crippen molar-refractivity contribution in [3.63, 3.8) is 0 Å². The van der Waals surface area contributed by atoms with Crippen LogP contribution in [-0.2, 0) is 6.54 Å². The van der Waals surface area contributed by atoms with Gasteiger partial charge in [-0.15, -0.1) is 11.3 Å². The number of benzene rings is 1. The molecule has 0 aliphatic carbocycles. The topological polar surface area (TPSA) is 42.0 Å². The molecule has 0 saturated carbocycles. The van der Waals surface area contributed by atoms with Crippen LogP contribution in [0.15, 0.2) is 34.1 Å². The Balaban J connectivity index is 1.59. The number of amides is 1. The van der Waals surface area contributed by atoms with Crippen molar-refractivity contribution < 1.29 is 14.3 Å². The van der Waals surface area contributed by atoms with E-state index in [0.717, 1.165) is 36.5 Å². The maximum Gasteiger partial charge on any atom is 0.254 e. The third-order valence-electron chi connectivity index (χ3n) is 4.38. The monoisotopic (exact) mass is 438 g/mol. The van der Waals surface area contributed by atoms with Crippen molar-refractivity contribution in [3.8, 4) is 11.5 Å². The number of nitrogens with zero attached hydrogens (tertiary/aromatic N) is 2. The normalized spacial score (nSPS) is 15.1. The van der Waals surface area contributed by atoms with E-state index >= 15 is 0 Å². The first kappa shape index (κ1) is 19.2. The van der Waals surface area contributed by atoms with Gasteiger partial charge in [-0.2, -0.15) is 0 Å². The lowest BCUT2D eigenvalue weighted by atomic mass is 10.1. The van der Waals surface area contributed by atoms with Gasteiger partial charge in [0.15, 0.2) is 11.5 Å². The molecule has 2 heterocycles. The Kier molecular flexibility index (Phi) is 6.56. The third-order valence-corrected chi connectivity index (χ3v) is 5.99. The lowest BCUT2D eigenvalue weighted by molar-refractivity contribution is 0.0629. The molecule has 1 aliphatic heterocycles. The second kappa shape index (κ2) is 8.88. The van der Waals surface area contributed by atoms with Crippen LogP contribution in [0.5, 0.6) is 11.5 Å². The van der Waals surface area contributed by atoms with Gasteiger partial charge in [0.1, 0.15) is 0 Å². The van der Waals surface area contributed by atoms with Gasteiger partial charge in [-0.05, 0) is 53.2 Å². The van der Waals surface area contributed by atoms with Gasteiger partial charge in [-0.25, -0.2) is 0 Å². The number of rotatable bonds is 6. The molecule has 0 spiro atoms. The van der Waals surface area contributed by atoms with E-state index in [1.807, 2.05) is 17.9 Å². The molecule has 2 aromatic rings. The first-order valence-electron chi connectivity index (χ1n) is 8.67. The maximum atomic E-state index is 12.8. The number of thiophene rings is 1. The van der Waals surface area contributed by atoms with Crippen LogP contribution in [0.25, 0.3) is 0 Å². The highest BCUT2D eigenvalue weighted by Crippen LogP contribution is 2.29. The standard InChI is InChI=1S/C19H23BrN2O3S/c1-3-25-16-6-4-14(12-17(16)24-2)19(23)22-10-8-21(9-11-22)13-15-5-7-18(20)26-15/h4-7,12H,3,8-11,13H2,1-2H3. The van der Waals surface area contributed by atoms with E-state index in [9.17, 15) is 4.79 Å². The van der Waals surface area contributed by atoms with E-state index in [-0.39, 0.29) is 5.91 Å². The summed E-state index contributed by atoms with van der Waals surface area (Å²) >= 11 is 5.27. The van der Waals surface area contributed by atoms with Gasteiger partial charge in [-0.3, -0.25) is 9.69 Å². The molecule has 7 heteroatoms. The molecule has 0 unspecified atom stereocenters. The lowest BCUT2D eigenvalue weighted by Crippen LogP contribution is -2.48. The average molecular weight is 439 g/mol. The van der Waals surface area contributed by atoms with Gasteiger partial charge < -0.3 is 14.4 Å². The molecule has 1 fully saturated rings. The molecule has 0 bridgehead atoms. The van der Waals surface area contributed by atoms with Crippen molar-refractivity contribution in [2.75, 3.05) is 39.9 Å². The Morgan fingerprint density at radius 3 is 2.54 bits per heavy atom. The summed E-state index contributed by atoms with van der Waals surface area (Å²) in [6, 6.07) is 9.62. The van der Waals surface area contributed by atoms with Gasteiger partial charge in [0.05, 0.1) is 17.5 Å². The zero-order valence-electron chi connectivity index (χ0n) is 15.0. The van der Waals surface area contributed by atoms with Crippen molar-refractivity contribution in [1.82, 2.24) is 9.80 Å². The predicted molar refractivity (Wildman–Crippen MR) is 107 cm³/mol. The minimum Gasteiger partial charge on any atom is -0.493 e. The molecule has 1 aromatic carbocycles. The highest BCUT2D eigenvalue weighted by atomic mass is 79.9. The van der Waals surface area contributed by atoms with Crippen molar-refractivity contribution >= 4 is 33.2 Å². The van der Waals surface area contributed by atoms with Crippen molar-refractivity contribution in [1.29, 1.82) is 0 Å². The second-order valence-electron chi connectivity index (χ2n) is 6.07. The largest absolute Gasteiger partial charge is 0.493 e. The number of hydrogen-bond acceptors (Lipinski definition) is 5. The van der Waals surface area contributed by atoms with Crippen LogP contribution in [-0.4, -0.2) is 55.6 Å². The molecule has 26 heavy (non-hydrogen) atoms. The van der Waals surface area contributed by atoms with Crippen LogP contribution in [0.4, 0.5) is 0 Å². The summed E-state index contributed by atoms with van der Waals surface area (Å²) in [6.45, 7) is 6.67. The summed E-state index contributed by atoms with van der Waals surface area (Å²) in [4.78, 5) is 18.5. The van der Waals surface area contributed by atoms with Gasteiger partial charge in [0.25, 0.3) is 5.91 Å². The number of methoxy groups -OCH3 is 1. The number of hydrogen-bond donors (Lipinski definition) is 0. The summed E-state index contributed by atoms with van der Waals surface area (Å²) in [5.74, 6) is 1.31. The molecule has 140 valence electrons. The van der Waals surface area contributed by atoms with Crippen LogP contribution < -0.4 is 9.47 Å². The highest BCUT2D eigenvalue weighted by Gasteiger charge is 2.23. The Labute approximate surface area is 166 Å². The highest BCUT2D eigenvalue weighted by molar-refractivity contribution is 9.11. The molecule has 1 amide bonds. The van der Waals surface area contributed by atoms with Gasteiger partial charge >= 0.3 is 0 Å². The fraction of sp³-hybridized carbons (Fsp3) is 0.421. The fourth-order valence-corrected chi connectivity index (χ4v) is 4.55. The first-order valence-corrected chi connectivity index (χ1v) is 10.3. The number of halogens is 1. The predicted octanol–water partition coefficient (Wildman–Crippen LogP) is 3.88. The van der Waals surface area contributed by atoms with Crippen LogP contribution in [0.3, 0.4) is 0 Å².